The Hall–Kier alpha value is -2.29. The molecule has 0 amide bonds. The minimum atomic E-state index is -0.547. The van der Waals surface area contributed by atoms with Gasteiger partial charge in [-0.15, -0.1) is 0 Å². The molecule has 3 aromatic carbocycles. The van der Waals surface area contributed by atoms with Crippen LogP contribution in [0, 0.1) is 23.4 Å². The van der Waals surface area contributed by atoms with Gasteiger partial charge in [0, 0.05) is 12.0 Å². The molecule has 0 heterocycles. The molecule has 4 rings (SSSR count). The summed E-state index contributed by atoms with van der Waals surface area (Å²) in [5, 5.41) is 1.92. The van der Waals surface area contributed by atoms with E-state index < -0.39 is 11.6 Å². The van der Waals surface area contributed by atoms with Crippen molar-refractivity contribution in [3.63, 3.8) is 0 Å². The van der Waals surface area contributed by atoms with Crippen LogP contribution in [-0.2, 0) is 6.42 Å². The van der Waals surface area contributed by atoms with E-state index in [4.69, 9.17) is 0 Å². The molecule has 3 aromatic rings. The third-order valence-corrected chi connectivity index (χ3v) is 5.61. The van der Waals surface area contributed by atoms with Gasteiger partial charge < -0.3 is 0 Å². The zero-order valence-electron chi connectivity index (χ0n) is 14.7. The maximum atomic E-state index is 13.9. The van der Waals surface area contributed by atoms with Crippen molar-refractivity contribution >= 4 is 10.8 Å². The van der Waals surface area contributed by atoms with Gasteiger partial charge in [-0.25, -0.2) is 13.2 Å². The quantitative estimate of drug-likeness (QED) is 0.488. The lowest BCUT2D eigenvalue weighted by Crippen LogP contribution is -2.22. The second kappa shape index (κ2) is 6.79. The maximum Gasteiger partial charge on any atom is 0.126 e. The summed E-state index contributed by atoms with van der Waals surface area (Å²) >= 11 is 0. The van der Waals surface area contributed by atoms with Gasteiger partial charge in [0.05, 0.1) is 0 Å². The first kappa shape index (κ1) is 17.1. The lowest BCUT2D eigenvalue weighted by Gasteiger charge is -2.35. The zero-order chi connectivity index (χ0) is 18.3. The molecule has 0 fully saturated rings. The minimum Gasteiger partial charge on any atom is -0.207 e. The van der Waals surface area contributed by atoms with Crippen LogP contribution in [0.3, 0.4) is 0 Å². The highest BCUT2D eigenvalue weighted by molar-refractivity contribution is 5.87. The highest BCUT2D eigenvalue weighted by Gasteiger charge is 2.31. The number of rotatable bonds is 3. The number of fused-ring (bicyclic) bond motifs is 3. The fourth-order valence-corrected chi connectivity index (χ4v) is 4.58. The minimum absolute atomic E-state index is 0.0587. The molecule has 0 aromatic heterocycles. The summed E-state index contributed by atoms with van der Waals surface area (Å²) in [5.41, 5.74) is 2.87. The van der Waals surface area contributed by atoms with Crippen molar-refractivity contribution in [1.82, 2.24) is 0 Å². The van der Waals surface area contributed by atoms with Crippen LogP contribution in [0.1, 0.15) is 48.8 Å². The van der Waals surface area contributed by atoms with Crippen molar-refractivity contribution < 1.29 is 13.2 Å². The predicted octanol–water partition coefficient (Wildman–Crippen LogP) is 6.75. The van der Waals surface area contributed by atoms with E-state index in [-0.39, 0.29) is 11.7 Å². The standard InChI is InChI=1S/C23H21F3/c1-2-3-15-6-8-20-21(9-5-14-4-7-17(24)13-22(14)20)23(15)16-10-18(25)12-19(26)11-16/h4-5,7,9-13,15,23H,2-3,6,8H2,1H3. The monoisotopic (exact) mass is 354 g/mol. The van der Waals surface area contributed by atoms with Gasteiger partial charge in [-0.1, -0.05) is 31.5 Å². The fraction of sp³-hybridized carbons (Fsp3) is 0.304. The van der Waals surface area contributed by atoms with Crippen LogP contribution in [0.15, 0.2) is 48.5 Å². The van der Waals surface area contributed by atoms with Gasteiger partial charge in [0.25, 0.3) is 0 Å². The van der Waals surface area contributed by atoms with Gasteiger partial charge in [0.2, 0.25) is 0 Å². The molecule has 0 N–H and O–H groups in total. The van der Waals surface area contributed by atoms with Crippen LogP contribution in [0.4, 0.5) is 13.2 Å². The van der Waals surface area contributed by atoms with Crippen LogP contribution in [0.5, 0.6) is 0 Å². The Morgan fingerprint density at radius 3 is 2.35 bits per heavy atom. The molecule has 26 heavy (non-hydrogen) atoms. The fourth-order valence-electron chi connectivity index (χ4n) is 4.58. The summed E-state index contributed by atoms with van der Waals surface area (Å²) in [7, 11) is 0. The van der Waals surface area contributed by atoms with Crippen molar-refractivity contribution in [2.45, 2.75) is 38.5 Å². The third-order valence-electron chi connectivity index (χ3n) is 5.61. The van der Waals surface area contributed by atoms with Crippen LogP contribution >= 0.6 is 0 Å². The molecule has 1 aliphatic rings. The summed E-state index contributed by atoms with van der Waals surface area (Å²) in [6.45, 7) is 2.13. The van der Waals surface area contributed by atoms with E-state index in [9.17, 15) is 13.2 Å². The van der Waals surface area contributed by atoms with Gasteiger partial charge >= 0.3 is 0 Å². The molecule has 2 atom stereocenters. The van der Waals surface area contributed by atoms with E-state index in [2.05, 4.69) is 13.0 Å². The van der Waals surface area contributed by atoms with E-state index >= 15 is 0 Å². The second-order valence-corrected chi connectivity index (χ2v) is 7.27. The number of halogens is 3. The van der Waals surface area contributed by atoms with Gasteiger partial charge in [-0.2, -0.15) is 0 Å². The first-order chi connectivity index (χ1) is 12.6. The Labute approximate surface area is 151 Å². The number of aryl methyl sites for hydroxylation is 1. The Bertz CT molecular complexity index is 941. The topological polar surface area (TPSA) is 0 Å². The average molecular weight is 354 g/mol. The van der Waals surface area contributed by atoms with Crippen LogP contribution < -0.4 is 0 Å². The SMILES string of the molecule is CCCC1CCc2c(ccc3ccc(F)cc23)C1c1cc(F)cc(F)c1. The third kappa shape index (κ3) is 3.00. The van der Waals surface area contributed by atoms with Crippen molar-refractivity contribution in [2.75, 3.05) is 0 Å². The molecule has 2 unspecified atom stereocenters. The number of hydrogen-bond acceptors (Lipinski definition) is 0. The van der Waals surface area contributed by atoms with E-state index in [0.717, 1.165) is 53.6 Å². The number of benzene rings is 3. The van der Waals surface area contributed by atoms with Gasteiger partial charge in [-0.3, -0.25) is 0 Å². The van der Waals surface area contributed by atoms with Crippen molar-refractivity contribution in [2.24, 2.45) is 5.92 Å². The zero-order valence-corrected chi connectivity index (χ0v) is 14.7. The van der Waals surface area contributed by atoms with Gasteiger partial charge in [-0.05, 0) is 76.9 Å². The Morgan fingerprint density at radius 2 is 1.62 bits per heavy atom. The van der Waals surface area contributed by atoms with Gasteiger partial charge in [0.15, 0.2) is 0 Å². The summed E-state index contributed by atoms with van der Waals surface area (Å²) in [4.78, 5) is 0. The Balaban J connectivity index is 1.93. The summed E-state index contributed by atoms with van der Waals surface area (Å²) in [5.74, 6) is -1.07. The van der Waals surface area contributed by atoms with Crippen LogP contribution in [-0.4, -0.2) is 0 Å². The molecule has 0 bridgehead atoms. The predicted molar refractivity (Wildman–Crippen MR) is 98.8 cm³/mol. The molecule has 0 saturated carbocycles. The summed E-state index contributed by atoms with van der Waals surface area (Å²) in [6.07, 6.45) is 3.84. The van der Waals surface area contributed by atoms with Crippen molar-refractivity contribution in [3.05, 3.63) is 82.7 Å². The highest BCUT2D eigenvalue weighted by Crippen LogP contribution is 2.45. The molecule has 134 valence electrons. The van der Waals surface area contributed by atoms with Crippen LogP contribution in [0.2, 0.25) is 0 Å². The molecule has 0 radical (unpaired) electrons. The molecule has 0 saturated heterocycles. The average Bonchev–Trinajstić information content (AvgIpc) is 2.60. The largest absolute Gasteiger partial charge is 0.207 e. The van der Waals surface area contributed by atoms with Gasteiger partial charge in [0.1, 0.15) is 17.5 Å². The smallest absolute Gasteiger partial charge is 0.126 e. The number of hydrogen-bond donors (Lipinski definition) is 0. The highest BCUT2D eigenvalue weighted by atomic mass is 19.1. The molecule has 1 aliphatic carbocycles. The molecule has 3 heteroatoms. The lowest BCUT2D eigenvalue weighted by atomic mass is 9.69. The van der Waals surface area contributed by atoms with E-state index in [1.165, 1.54) is 18.2 Å². The normalized spacial score (nSPS) is 19.5. The van der Waals surface area contributed by atoms with E-state index in [1.54, 1.807) is 12.1 Å². The molecular weight excluding hydrogens is 333 g/mol. The maximum absolute atomic E-state index is 13.9. The molecular formula is C23H21F3. The Kier molecular flexibility index (Phi) is 4.47. The van der Waals surface area contributed by atoms with E-state index in [0.29, 0.717) is 11.5 Å². The molecule has 0 aliphatic heterocycles. The molecule has 0 nitrogen and oxygen atoms in total. The Morgan fingerprint density at radius 1 is 0.885 bits per heavy atom. The molecule has 0 spiro atoms. The van der Waals surface area contributed by atoms with Crippen molar-refractivity contribution in [1.29, 1.82) is 0 Å². The lowest BCUT2D eigenvalue weighted by molar-refractivity contribution is 0.378. The van der Waals surface area contributed by atoms with Crippen molar-refractivity contribution in [3.8, 4) is 0 Å². The van der Waals surface area contributed by atoms with E-state index in [1.807, 2.05) is 6.07 Å². The first-order valence-corrected chi connectivity index (χ1v) is 9.24. The first-order valence-electron chi connectivity index (χ1n) is 9.24. The van der Waals surface area contributed by atoms with Crippen LogP contribution in [0.25, 0.3) is 10.8 Å². The summed E-state index contributed by atoms with van der Waals surface area (Å²) in [6, 6.07) is 12.7. The second-order valence-electron chi connectivity index (χ2n) is 7.27. The summed E-state index contributed by atoms with van der Waals surface area (Å²) < 4.78 is 41.6.